The van der Waals surface area contributed by atoms with E-state index in [1.165, 1.54) is 19.5 Å². The summed E-state index contributed by atoms with van der Waals surface area (Å²) in [5.41, 5.74) is 0. The molecule has 1 aliphatic heterocycles. The first-order chi connectivity index (χ1) is 6.22. The molecule has 1 fully saturated rings. The molecule has 3 heteroatoms. The van der Waals surface area contributed by atoms with Gasteiger partial charge in [-0.1, -0.05) is 6.92 Å². The van der Waals surface area contributed by atoms with Crippen molar-refractivity contribution in [1.82, 2.24) is 9.80 Å². The summed E-state index contributed by atoms with van der Waals surface area (Å²) >= 11 is 0. The van der Waals surface area contributed by atoms with E-state index in [0.29, 0.717) is 6.10 Å². The van der Waals surface area contributed by atoms with Crippen LogP contribution in [0.2, 0.25) is 0 Å². The summed E-state index contributed by atoms with van der Waals surface area (Å²) in [6.45, 7) is 7.86. The summed E-state index contributed by atoms with van der Waals surface area (Å²) in [5.74, 6) is 0. The van der Waals surface area contributed by atoms with Gasteiger partial charge < -0.3 is 14.5 Å². The molecule has 13 heavy (non-hydrogen) atoms. The number of rotatable bonds is 7. The van der Waals surface area contributed by atoms with E-state index in [4.69, 9.17) is 4.74 Å². The van der Waals surface area contributed by atoms with Gasteiger partial charge in [-0.25, -0.2) is 0 Å². The van der Waals surface area contributed by atoms with E-state index in [-0.39, 0.29) is 0 Å². The highest BCUT2D eigenvalue weighted by atomic mass is 16.6. The van der Waals surface area contributed by atoms with Crippen molar-refractivity contribution in [2.45, 2.75) is 19.4 Å². The molecule has 0 bridgehead atoms. The predicted octanol–water partition coefficient (Wildman–Crippen LogP) is 0.659. The molecule has 3 nitrogen and oxygen atoms in total. The summed E-state index contributed by atoms with van der Waals surface area (Å²) in [5, 5.41) is 0. The molecule has 1 atom stereocenters. The second kappa shape index (κ2) is 5.58. The quantitative estimate of drug-likeness (QED) is 0.544. The lowest BCUT2D eigenvalue weighted by Gasteiger charge is -2.20. The van der Waals surface area contributed by atoms with Gasteiger partial charge in [-0.2, -0.15) is 0 Å². The third-order valence-corrected chi connectivity index (χ3v) is 2.39. The average molecular weight is 186 g/mol. The van der Waals surface area contributed by atoms with Crippen LogP contribution in [-0.2, 0) is 4.74 Å². The Labute approximate surface area is 81.7 Å². The van der Waals surface area contributed by atoms with Crippen LogP contribution in [0.25, 0.3) is 0 Å². The molecule has 0 amide bonds. The molecule has 0 N–H and O–H groups in total. The lowest BCUT2D eigenvalue weighted by Crippen LogP contribution is -2.30. The topological polar surface area (TPSA) is 19.0 Å². The lowest BCUT2D eigenvalue weighted by atomic mass is 10.3. The zero-order valence-corrected chi connectivity index (χ0v) is 9.12. The van der Waals surface area contributed by atoms with Crippen LogP contribution < -0.4 is 0 Å². The summed E-state index contributed by atoms with van der Waals surface area (Å²) in [6, 6.07) is 0. The van der Waals surface area contributed by atoms with Gasteiger partial charge in [0.2, 0.25) is 0 Å². The molecule has 1 saturated heterocycles. The van der Waals surface area contributed by atoms with Crippen molar-refractivity contribution in [3.05, 3.63) is 0 Å². The molecule has 1 unspecified atom stereocenters. The number of hydrogen-bond donors (Lipinski definition) is 0. The van der Waals surface area contributed by atoms with E-state index >= 15 is 0 Å². The smallest absolute Gasteiger partial charge is 0.0936 e. The van der Waals surface area contributed by atoms with E-state index < -0.39 is 0 Å². The van der Waals surface area contributed by atoms with E-state index in [1.807, 2.05) is 0 Å². The van der Waals surface area contributed by atoms with Gasteiger partial charge in [0.05, 0.1) is 12.7 Å². The average Bonchev–Trinajstić information content (AvgIpc) is 2.86. The Hall–Kier alpha value is -0.120. The van der Waals surface area contributed by atoms with Gasteiger partial charge in [0.1, 0.15) is 0 Å². The largest absolute Gasteiger partial charge is 0.372 e. The second-order valence-electron chi connectivity index (χ2n) is 4.01. The van der Waals surface area contributed by atoms with Crippen LogP contribution in [-0.4, -0.2) is 62.8 Å². The van der Waals surface area contributed by atoms with Crippen LogP contribution in [0.5, 0.6) is 0 Å². The standard InChI is InChI=1S/C10H22N2O/c1-4-12(8-10-9-13-10)7-5-6-11(2)3/h10H,4-9H2,1-3H3. The molecule has 0 aromatic carbocycles. The molecule has 0 aromatic heterocycles. The monoisotopic (exact) mass is 186 g/mol. The Kier molecular flexibility index (Phi) is 4.70. The third-order valence-electron chi connectivity index (χ3n) is 2.39. The van der Waals surface area contributed by atoms with Crippen molar-refractivity contribution in [2.75, 3.05) is 46.9 Å². The van der Waals surface area contributed by atoms with Gasteiger partial charge >= 0.3 is 0 Å². The number of hydrogen-bond acceptors (Lipinski definition) is 3. The van der Waals surface area contributed by atoms with E-state index in [1.54, 1.807) is 0 Å². The highest BCUT2D eigenvalue weighted by Gasteiger charge is 2.24. The molecule has 0 saturated carbocycles. The Morgan fingerprint density at radius 2 is 2.00 bits per heavy atom. The third kappa shape index (κ3) is 5.24. The Balaban J connectivity index is 2.01. The van der Waals surface area contributed by atoms with Gasteiger partial charge in [-0.05, 0) is 40.2 Å². The summed E-state index contributed by atoms with van der Waals surface area (Å²) in [4.78, 5) is 4.71. The SMILES string of the molecule is CCN(CCCN(C)C)CC1CO1. The van der Waals surface area contributed by atoms with Crippen LogP contribution >= 0.6 is 0 Å². The van der Waals surface area contributed by atoms with Gasteiger partial charge in [0.25, 0.3) is 0 Å². The molecule has 0 aliphatic carbocycles. The van der Waals surface area contributed by atoms with Gasteiger partial charge in [0, 0.05) is 6.54 Å². The van der Waals surface area contributed by atoms with Crippen LogP contribution in [0.3, 0.4) is 0 Å². The molecule has 1 heterocycles. The van der Waals surface area contributed by atoms with E-state index in [9.17, 15) is 0 Å². The highest BCUT2D eigenvalue weighted by Crippen LogP contribution is 2.10. The van der Waals surface area contributed by atoms with E-state index in [0.717, 1.165) is 19.7 Å². The Bertz CT molecular complexity index is 135. The zero-order chi connectivity index (χ0) is 9.68. The van der Waals surface area contributed by atoms with Crippen LogP contribution in [0.1, 0.15) is 13.3 Å². The summed E-state index contributed by atoms with van der Waals surface area (Å²) < 4.78 is 5.22. The van der Waals surface area contributed by atoms with Gasteiger partial charge in [-0.3, -0.25) is 0 Å². The highest BCUT2D eigenvalue weighted by molar-refractivity contribution is 4.73. The summed E-state index contributed by atoms with van der Waals surface area (Å²) in [7, 11) is 4.25. The van der Waals surface area contributed by atoms with Crippen molar-refractivity contribution in [1.29, 1.82) is 0 Å². The Morgan fingerprint density at radius 1 is 1.31 bits per heavy atom. The first-order valence-electron chi connectivity index (χ1n) is 5.21. The fraction of sp³-hybridized carbons (Fsp3) is 1.00. The van der Waals surface area contributed by atoms with Crippen molar-refractivity contribution < 1.29 is 4.74 Å². The second-order valence-corrected chi connectivity index (χ2v) is 4.01. The lowest BCUT2D eigenvalue weighted by molar-refractivity contribution is 0.239. The van der Waals surface area contributed by atoms with Gasteiger partial charge in [0.15, 0.2) is 0 Å². The van der Waals surface area contributed by atoms with Gasteiger partial charge in [-0.15, -0.1) is 0 Å². The van der Waals surface area contributed by atoms with Crippen LogP contribution in [0.15, 0.2) is 0 Å². The van der Waals surface area contributed by atoms with Crippen molar-refractivity contribution in [2.24, 2.45) is 0 Å². The molecule has 0 spiro atoms. The fourth-order valence-corrected chi connectivity index (χ4v) is 1.45. The van der Waals surface area contributed by atoms with Crippen molar-refractivity contribution in [3.63, 3.8) is 0 Å². The number of nitrogens with zero attached hydrogens (tertiary/aromatic N) is 2. The summed E-state index contributed by atoms with van der Waals surface area (Å²) in [6.07, 6.45) is 1.80. The van der Waals surface area contributed by atoms with Crippen LogP contribution in [0.4, 0.5) is 0 Å². The van der Waals surface area contributed by atoms with E-state index in [2.05, 4.69) is 30.8 Å². The minimum atomic E-state index is 0.541. The van der Waals surface area contributed by atoms with Crippen molar-refractivity contribution in [3.8, 4) is 0 Å². The molecule has 0 aromatic rings. The number of ether oxygens (including phenoxy) is 1. The molecule has 1 rings (SSSR count). The fourth-order valence-electron chi connectivity index (χ4n) is 1.45. The molecule has 1 aliphatic rings. The maximum absolute atomic E-state index is 5.22. The normalized spacial score (nSPS) is 21.5. The van der Waals surface area contributed by atoms with Crippen LogP contribution in [0, 0.1) is 0 Å². The first-order valence-corrected chi connectivity index (χ1v) is 5.21. The maximum atomic E-state index is 5.22. The predicted molar refractivity (Wildman–Crippen MR) is 55.0 cm³/mol. The molecular formula is C10H22N2O. The number of epoxide rings is 1. The Morgan fingerprint density at radius 3 is 2.46 bits per heavy atom. The van der Waals surface area contributed by atoms with Crippen molar-refractivity contribution >= 4 is 0 Å². The number of likely N-dealkylation sites (N-methyl/N-ethyl adjacent to an activating group) is 1. The molecule has 0 radical (unpaired) electrons. The molecular weight excluding hydrogens is 164 g/mol. The first kappa shape index (κ1) is 11.0. The minimum Gasteiger partial charge on any atom is -0.372 e. The minimum absolute atomic E-state index is 0.541. The zero-order valence-electron chi connectivity index (χ0n) is 9.12. The maximum Gasteiger partial charge on any atom is 0.0936 e. The molecule has 78 valence electrons.